The number of nitriles is 1. The molecule has 56 valence electrons. The quantitative estimate of drug-likeness (QED) is 0.559. The average molecular weight is 143 g/mol. The SMILES string of the molecule is N#C[C@@H](O)C1(F)CCCC1. The van der Waals surface area contributed by atoms with Gasteiger partial charge in [-0.15, -0.1) is 0 Å². The van der Waals surface area contributed by atoms with E-state index >= 15 is 0 Å². The number of hydrogen-bond donors (Lipinski definition) is 1. The van der Waals surface area contributed by atoms with Crippen molar-refractivity contribution in [2.24, 2.45) is 0 Å². The van der Waals surface area contributed by atoms with E-state index in [0.29, 0.717) is 12.8 Å². The highest BCUT2D eigenvalue weighted by molar-refractivity contribution is 5.02. The third-order valence-corrected chi connectivity index (χ3v) is 2.05. The summed E-state index contributed by atoms with van der Waals surface area (Å²) in [7, 11) is 0. The van der Waals surface area contributed by atoms with Gasteiger partial charge in [0.15, 0.2) is 6.10 Å². The zero-order chi connectivity index (χ0) is 7.61. The van der Waals surface area contributed by atoms with Gasteiger partial charge in [0, 0.05) is 0 Å². The molecule has 1 aliphatic rings. The van der Waals surface area contributed by atoms with Crippen LogP contribution in [0.3, 0.4) is 0 Å². The lowest BCUT2D eigenvalue weighted by molar-refractivity contribution is 0.0313. The van der Waals surface area contributed by atoms with Gasteiger partial charge in [-0.25, -0.2) is 4.39 Å². The van der Waals surface area contributed by atoms with Crippen molar-refractivity contribution in [2.45, 2.75) is 37.5 Å². The molecule has 0 aromatic heterocycles. The molecule has 0 heterocycles. The summed E-state index contributed by atoms with van der Waals surface area (Å²) in [6.07, 6.45) is 0.823. The molecule has 0 saturated heterocycles. The van der Waals surface area contributed by atoms with Crippen molar-refractivity contribution in [2.75, 3.05) is 0 Å². The molecular formula is C7H10FNO. The number of halogens is 1. The van der Waals surface area contributed by atoms with Gasteiger partial charge in [0.25, 0.3) is 0 Å². The van der Waals surface area contributed by atoms with Crippen LogP contribution in [0.1, 0.15) is 25.7 Å². The van der Waals surface area contributed by atoms with Crippen LogP contribution in [-0.2, 0) is 0 Å². The first-order valence-electron chi connectivity index (χ1n) is 3.46. The Bertz CT molecular complexity index is 157. The predicted molar refractivity (Wildman–Crippen MR) is 33.9 cm³/mol. The van der Waals surface area contributed by atoms with E-state index in [4.69, 9.17) is 10.4 Å². The summed E-state index contributed by atoms with van der Waals surface area (Å²) in [5.41, 5.74) is -1.60. The van der Waals surface area contributed by atoms with E-state index in [1.165, 1.54) is 6.07 Å². The second kappa shape index (κ2) is 2.55. The lowest BCUT2D eigenvalue weighted by Gasteiger charge is -2.19. The molecule has 1 rings (SSSR count). The van der Waals surface area contributed by atoms with Gasteiger partial charge in [-0.1, -0.05) is 12.8 Å². The second-order valence-corrected chi connectivity index (χ2v) is 2.77. The zero-order valence-corrected chi connectivity index (χ0v) is 5.68. The normalized spacial score (nSPS) is 25.7. The lowest BCUT2D eigenvalue weighted by atomic mass is 9.98. The van der Waals surface area contributed by atoms with Crippen LogP contribution in [0.2, 0.25) is 0 Å². The maximum atomic E-state index is 13.2. The molecule has 0 aliphatic heterocycles. The summed E-state index contributed by atoms with van der Waals surface area (Å²) in [6.45, 7) is 0. The van der Waals surface area contributed by atoms with Gasteiger partial charge in [-0.2, -0.15) is 5.26 Å². The van der Waals surface area contributed by atoms with E-state index < -0.39 is 11.8 Å². The minimum atomic E-state index is -1.60. The predicted octanol–water partition coefficient (Wildman–Crippen LogP) is 1.15. The molecule has 0 radical (unpaired) electrons. The first-order valence-corrected chi connectivity index (χ1v) is 3.46. The molecule has 0 aromatic rings. The number of aliphatic hydroxyl groups is 1. The summed E-state index contributed by atoms with van der Waals surface area (Å²) in [5.74, 6) is 0. The summed E-state index contributed by atoms with van der Waals surface area (Å²) < 4.78 is 13.2. The Morgan fingerprint density at radius 1 is 1.50 bits per heavy atom. The Morgan fingerprint density at radius 2 is 2.00 bits per heavy atom. The zero-order valence-electron chi connectivity index (χ0n) is 5.68. The van der Waals surface area contributed by atoms with E-state index in [1.807, 2.05) is 0 Å². The van der Waals surface area contributed by atoms with Crippen LogP contribution in [0, 0.1) is 11.3 Å². The monoisotopic (exact) mass is 143 g/mol. The minimum absolute atomic E-state index is 0.335. The van der Waals surface area contributed by atoms with Gasteiger partial charge in [-0.05, 0) is 12.8 Å². The molecule has 0 amide bonds. The average Bonchev–Trinajstić information content (AvgIpc) is 2.36. The van der Waals surface area contributed by atoms with Gasteiger partial charge in [0.2, 0.25) is 0 Å². The van der Waals surface area contributed by atoms with Crippen LogP contribution in [0.25, 0.3) is 0 Å². The summed E-state index contributed by atoms with van der Waals surface area (Å²) in [5, 5.41) is 17.1. The number of aliphatic hydroxyl groups excluding tert-OH is 1. The van der Waals surface area contributed by atoms with Gasteiger partial charge in [0.05, 0.1) is 6.07 Å². The van der Waals surface area contributed by atoms with Crippen LogP contribution in [0.5, 0.6) is 0 Å². The fraction of sp³-hybridized carbons (Fsp3) is 0.857. The third kappa shape index (κ3) is 1.12. The second-order valence-electron chi connectivity index (χ2n) is 2.77. The standard InChI is InChI=1S/C7H10FNO/c8-7(6(10)5-9)3-1-2-4-7/h6,10H,1-4H2/t6-/m1/s1. The highest BCUT2D eigenvalue weighted by Crippen LogP contribution is 2.35. The van der Waals surface area contributed by atoms with Crippen LogP contribution in [0.4, 0.5) is 4.39 Å². The van der Waals surface area contributed by atoms with Crippen LogP contribution >= 0.6 is 0 Å². The summed E-state index contributed by atoms with van der Waals surface area (Å²) in [4.78, 5) is 0. The minimum Gasteiger partial charge on any atom is -0.375 e. The van der Waals surface area contributed by atoms with Crippen molar-refractivity contribution in [1.82, 2.24) is 0 Å². The molecule has 3 heteroatoms. The first kappa shape index (κ1) is 7.49. The number of rotatable bonds is 1. The first-order chi connectivity index (χ1) is 4.69. The third-order valence-electron chi connectivity index (χ3n) is 2.05. The molecule has 2 nitrogen and oxygen atoms in total. The summed E-state index contributed by atoms with van der Waals surface area (Å²) >= 11 is 0. The Labute approximate surface area is 59.3 Å². The van der Waals surface area contributed by atoms with Gasteiger partial charge >= 0.3 is 0 Å². The summed E-state index contributed by atoms with van der Waals surface area (Å²) in [6, 6.07) is 1.53. The lowest BCUT2D eigenvalue weighted by Crippen LogP contribution is -2.33. The molecule has 1 atom stereocenters. The fourth-order valence-electron chi connectivity index (χ4n) is 1.35. The fourth-order valence-corrected chi connectivity index (χ4v) is 1.35. The number of alkyl halides is 1. The Kier molecular flexibility index (Phi) is 1.91. The molecular weight excluding hydrogens is 133 g/mol. The Morgan fingerprint density at radius 3 is 2.40 bits per heavy atom. The highest BCUT2D eigenvalue weighted by atomic mass is 19.1. The molecule has 1 aliphatic carbocycles. The molecule has 0 aromatic carbocycles. The van der Waals surface area contributed by atoms with E-state index in [2.05, 4.69) is 0 Å². The molecule has 0 bridgehead atoms. The maximum Gasteiger partial charge on any atom is 0.174 e. The van der Waals surface area contributed by atoms with Crippen molar-refractivity contribution >= 4 is 0 Å². The van der Waals surface area contributed by atoms with Crippen LogP contribution in [0.15, 0.2) is 0 Å². The largest absolute Gasteiger partial charge is 0.375 e. The van der Waals surface area contributed by atoms with Gasteiger partial charge in [-0.3, -0.25) is 0 Å². The van der Waals surface area contributed by atoms with Crippen molar-refractivity contribution in [1.29, 1.82) is 5.26 Å². The molecule has 1 saturated carbocycles. The topological polar surface area (TPSA) is 44.0 Å². The molecule has 1 N–H and O–H groups in total. The van der Waals surface area contributed by atoms with Crippen molar-refractivity contribution < 1.29 is 9.50 Å². The van der Waals surface area contributed by atoms with E-state index in [0.717, 1.165) is 12.8 Å². The van der Waals surface area contributed by atoms with Crippen LogP contribution < -0.4 is 0 Å². The van der Waals surface area contributed by atoms with Crippen molar-refractivity contribution in [3.05, 3.63) is 0 Å². The molecule has 1 fully saturated rings. The van der Waals surface area contributed by atoms with Gasteiger partial charge < -0.3 is 5.11 Å². The molecule has 0 unspecified atom stereocenters. The van der Waals surface area contributed by atoms with E-state index in [1.54, 1.807) is 0 Å². The number of nitrogens with zero attached hydrogens (tertiary/aromatic N) is 1. The number of hydrogen-bond acceptors (Lipinski definition) is 2. The maximum absolute atomic E-state index is 13.2. The molecule has 0 spiro atoms. The van der Waals surface area contributed by atoms with E-state index in [9.17, 15) is 4.39 Å². The van der Waals surface area contributed by atoms with Crippen molar-refractivity contribution in [3.63, 3.8) is 0 Å². The molecule has 10 heavy (non-hydrogen) atoms. The van der Waals surface area contributed by atoms with Gasteiger partial charge in [0.1, 0.15) is 5.67 Å². The highest BCUT2D eigenvalue weighted by Gasteiger charge is 2.40. The Hall–Kier alpha value is -0.620. The Balaban J connectivity index is 2.60. The smallest absolute Gasteiger partial charge is 0.174 e. The van der Waals surface area contributed by atoms with Crippen LogP contribution in [-0.4, -0.2) is 16.9 Å². The van der Waals surface area contributed by atoms with E-state index in [-0.39, 0.29) is 0 Å². The van der Waals surface area contributed by atoms with Crippen molar-refractivity contribution in [3.8, 4) is 6.07 Å².